The molecule has 8 heteroatoms. The van der Waals surface area contributed by atoms with Crippen LogP contribution in [0.2, 0.25) is 0 Å². The molecule has 0 fully saturated rings. The number of carbonyl (C=O) groups is 3. The molecule has 3 amide bonds. The molecule has 1 aromatic heterocycles. The van der Waals surface area contributed by atoms with Crippen molar-refractivity contribution >= 4 is 17.7 Å². The Hall–Kier alpha value is -3.16. The summed E-state index contributed by atoms with van der Waals surface area (Å²) in [5.41, 5.74) is 8.79. The number of aryl methyl sites for hydroxylation is 4. The van der Waals surface area contributed by atoms with E-state index < -0.39 is 11.8 Å². The minimum Gasteiger partial charge on any atom is -0.343 e. The second-order valence-electron chi connectivity index (χ2n) is 6.16. The van der Waals surface area contributed by atoms with Crippen LogP contribution < -0.4 is 16.2 Å². The average molecular weight is 357 g/mol. The average Bonchev–Trinajstić information content (AvgIpc) is 2.90. The lowest BCUT2D eigenvalue weighted by Crippen LogP contribution is -2.47. The van der Waals surface area contributed by atoms with Crippen molar-refractivity contribution in [1.29, 1.82) is 0 Å². The van der Waals surface area contributed by atoms with E-state index >= 15 is 0 Å². The third-order valence-corrected chi connectivity index (χ3v) is 3.92. The lowest BCUT2D eigenvalue weighted by Gasteiger charge is -2.10. The molecule has 2 rings (SSSR count). The lowest BCUT2D eigenvalue weighted by molar-refractivity contribution is -0.128. The second-order valence-corrected chi connectivity index (χ2v) is 6.16. The largest absolute Gasteiger partial charge is 0.343 e. The number of amides is 3. The summed E-state index contributed by atoms with van der Waals surface area (Å²) in [6.45, 7) is 7.30. The summed E-state index contributed by atoms with van der Waals surface area (Å²) in [6, 6.07) is 7.17. The fraction of sp³-hybridized carbons (Fsp3) is 0.333. The van der Waals surface area contributed by atoms with Gasteiger partial charge in [0, 0.05) is 11.3 Å². The lowest BCUT2D eigenvalue weighted by atomic mass is 10.1. The van der Waals surface area contributed by atoms with Crippen LogP contribution in [0.15, 0.2) is 24.3 Å². The minimum atomic E-state index is -0.524. The number of carbonyl (C=O) groups excluding carboxylic acids is 3. The maximum absolute atomic E-state index is 12.0. The van der Waals surface area contributed by atoms with Gasteiger partial charge in [-0.1, -0.05) is 6.07 Å². The Morgan fingerprint density at radius 2 is 1.65 bits per heavy atom. The molecule has 3 N–H and O–H groups in total. The first-order valence-corrected chi connectivity index (χ1v) is 8.20. The topological polar surface area (TPSA) is 105 Å². The molecule has 1 aromatic carbocycles. The van der Waals surface area contributed by atoms with Gasteiger partial charge >= 0.3 is 0 Å². The van der Waals surface area contributed by atoms with Crippen molar-refractivity contribution in [2.24, 2.45) is 0 Å². The number of benzene rings is 1. The maximum Gasteiger partial charge on any atom is 0.260 e. The molecule has 0 unspecified atom stereocenters. The molecule has 1 heterocycles. The molecule has 8 nitrogen and oxygen atoms in total. The highest BCUT2D eigenvalue weighted by Gasteiger charge is 2.11. The molecule has 0 radical (unpaired) electrons. The van der Waals surface area contributed by atoms with Crippen LogP contribution >= 0.6 is 0 Å². The quantitative estimate of drug-likeness (QED) is 0.685. The van der Waals surface area contributed by atoms with Gasteiger partial charge in [-0.15, -0.1) is 0 Å². The molecule has 0 atom stereocenters. The zero-order valence-corrected chi connectivity index (χ0v) is 15.3. The Bertz CT molecular complexity index is 841. The fourth-order valence-electron chi connectivity index (χ4n) is 2.34. The third-order valence-electron chi connectivity index (χ3n) is 3.92. The highest BCUT2D eigenvalue weighted by atomic mass is 16.2. The van der Waals surface area contributed by atoms with Gasteiger partial charge in [-0.25, -0.2) is 0 Å². The molecule has 26 heavy (non-hydrogen) atoms. The SMILES string of the molecule is Cc1cc(C)n(CC(=O)NNC(=O)CNC(=O)c2ccc(C)c(C)c2)n1. The fourth-order valence-corrected chi connectivity index (χ4v) is 2.34. The van der Waals surface area contributed by atoms with E-state index in [1.165, 1.54) is 0 Å². The number of nitrogens with zero attached hydrogens (tertiary/aromatic N) is 2. The van der Waals surface area contributed by atoms with Crippen LogP contribution in [-0.4, -0.2) is 34.0 Å². The molecule has 2 aromatic rings. The van der Waals surface area contributed by atoms with E-state index in [1.807, 2.05) is 39.8 Å². The number of aromatic nitrogens is 2. The Morgan fingerprint density at radius 3 is 2.27 bits per heavy atom. The van der Waals surface area contributed by atoms with Crippen LogP contribution in [0.5, 0.6) is 0 Å². The van der Waals surface area contributed by atoms with Crippen molar-refractivity contribution in [3.8, 4) is 0 Å². The first-order chi connectivity index (χ1) is 12.3. The van der Waals surface area contributed by atoms with E-state index in [2.05, 4.69) is 21.3 Å². The van der Waals surface area contributed by atoms with Gasteiger partial charge in [0.25, 0.3) is 17.7 Å². The highest BCUT2D eigenvalue weighted by molar-refractivity contribution is 5.96. The van der Waals surface area contributed by atoms with Crippen LogP contribution in [0.1, 0.15) is 32.9 Å². The predicted octanol–water partition coefficient (Wildman–Crippen LogP) is 0.694. The van der Waals surface area contributed by atoms with Gasteiger partial charge < -0.3 is 5.32 Å². The predicted molar refractivity (Wildman–Crippen MR) is 96.2 cm³/mol. The summed E-state index contributed by atoms with van der Waals surface area (Å²) in [5, 5.41) is 6.68. The van der Waals surface area contributed by atoms with E-state index in [1.54, 1.807) is 16.8 Å². The molecule has 0 saturated heterocycles. The van der Waals surface area contributed by atoms with Crippen LogP contribution in [0.25, 0.3) is 0 Å². The summed E-state index contributed by atoms with van der Waals surface area (Å²) in [6.07, 6.45) is 0. The van der Waals surface area contributed by atoms with E-state index in [0.717, 1.165) is 22.5 Å². The number of nitrogens with one attached hydrogen (secondary N) is 3. The zero-order valence-electron chi connectivity index (χ0n) is 15.3. The Morgan fingerprint density at radius 1 is 0.962 bits per heavy atom. The molecule has 0 bridgehead atoms. The molecule has 0 aliphatic heterocycles. The van der Waals surface area contributed by atoms with E-state index in [9.17, 15) is 14.4 Å². The molecular weight excluding hydrogens is 334 g/mol. The normalized spacial score (nSPS) is 10.3. The summed E-state index contributed by atoms with van der Waals surface area (Å²) in [4.78, 5) is 35.6. The summed E-state index contributed by atoms with van der Waals surface area (Å²) in [7, 11) is 0. The Labute approximate surface area is 151 Å². The maximum atomic E-state index is 12.0. The Kier molecular flexibility index (Phi) is 6.11. The number of hydrogen-bond donors (Lipinski definition) is 3. The van der Waals surface area contributed by atoms with E-state index in [-0.39, 0.29) is 19.0 Å². The van der Waals surface area contributed by atoms with E-state index in [4.69, 9.17) is 0 Å². The molecule has 0 spiro atoms. The minimum absolute atomic E-state index is 0.00500. The standard InChI is InChI=1S/C18H23N5O3/c1-11-5-6-15(7-12(11)2)18(26)19-9-16(24)20-21-17(25)10-23-14(4)8-13(3)22-23/h5-8H,9-10H2,1-4H3,(H,19,26)(H,20,24)(H,21,25). The Balaban J connectivity index is 1.76. The van der Waals surface area contributed by atoms with Crippen molar-refractivity contribution in [1.82, 2.24) is 25.9 Å². The van der Waals surface area contributed by atoms with Crippen molar-refractivity contribution < 1.29 is 14.4 Å². The van der Waals surface area contributed by atoms with Gasteiger partial charge in [-0.2, -0.15) is 5.10 Å². The van der Waals surface area contributed by atoms with Crippen LogP contribution in [0.3, 0.4) is 0 Å². The first kappa shape index (κ1) is 19.2. The monoisotopic (exact) mass is 357 g/mol. The summed E-state index contributed by atoms with van der Waals surface area (Å²) in [5.74, 6) is -1.29. The first-order valence-electron chi connectivity index (χ1n) is 8.20. The van der Waals surface area contributed by atoms with Crippen molar-refractivity contribution in [2.75, 3.05) is 6.54 Å². The van der Waals surface area contributed by atoms with Gasteiger partial charge in [0.2, 0.25) is 0 Å². The zero-order chi connectivity index (χ0) is 19.3. The van der Waals surface area contributed by atoms with Gasteiger partial charge in [-0.05, 0) is 57.0 Å². The summed E-state index contributed by atoms with van der Waals surface area (Å²) < 4.78 is 1.54. The second kappa shape index (κ2) is 8.28. The summed E-state index contributed by atoms with van der Waals surface area (Å²) >= 11 is 0. The van der Waals surface area contributed by atoms with Crippen molar-refractivity contribution in [3.63, 3.8) is 0 Å². The number of rotatable bonds is 5. The number of hydrogen-bond acceptors (Lipinski definition) is 4. The van der Waals surface area contributed by atoms with E-state index in [0.29, 0.717) is 5.56 Å². The van der Waals surface area contributed by atoms with Gasteiger partial charge in [0.15, 0.2) is 0 Å². The smallest absolute Gasteiger partial charge is 0.260 e. The van der Waals surface area contributed by atoms with Crippen molar-refractivity contribution in [2.45, 2.75) is 34.2 Å². The number of hydrazine groups is 1. The molecule has 0 aliphatic carbocycles. The van der Waals surface area contributed by atoms with Gasteiger partial charge in [0.05, 0.1) is 12.2 Å². The van der Waals surface area contributed by atoms with Crippen molar-refractivity contribution in [3.05, 3.63) is 52.3 Å². The molecular formula is C18H23N5O3. The third kappa shape index (κ3) is 5.17. The van der Waals surface area contributed by atoms with Gasteiger partial charge in [0.1, 0.15) is 6.54 Å². The molecule has 0 aliphatic rings. The highest BCUT2D eigenvalue weighted by Crippen LogP contribution is 2.09. The molecule has 0 saturated carbocycles. The van der Waals surface area contributed by atoms with Gasteiger partial charge in [-0.3, -0.25) is 29.9 Å². The van der Waals surface area contributed by atoms with Crippen LogP contribution in [0.4, 0.5) is 0 Å². The molecule has 138 valence electrons. The van der Waals surface area contributed by atoms with Crippen LogP contribution in [0, 0.1) is 27.7 Å². The van der Waals surface area contributed by atoms with Crippen LogP contribution in [-0.2, 0) is 16.1 Å².